The number of fused-ring (bicyclic) bond motifs is 1. The molecule has 1 aromatic carbocycles. The summed E-state index contributed by atoms with van der Waals surface area (Å²) >= 11 is 1.08. The molecule has 1 aliphatic heterocycles. The number of rotatable bonds is 5. The summed E-state index contributed by atoms with van der Waals surface area (Å²) in [6.45, 7) is 0.863. The van der Waals surface area contributed by atoms with E-state index in [9.17, 15) is 22.8 Å². The number of benzene rings is 1. The number of likely N-dealkylation sites (N-methyl/N-ethyl adjacent to an activating group) is 1. The lowest BCUT2D eigenvalue weighted by Gasteiger charge is -2.18. The summed E-state index contributed by atoms with van der Waals surface area (Å²) < 4.78 is 39.7. The number of alkyl halides is 3. The van der Waals surface area contributed by atoms with Gasteiger partial charge in [0.15, 0.2) is 0 Å². The third kappa shape index (κ3) is 4.41. The number of carbonyl (C=O) groups is 2. The molecule has 168 valence electrons. The first-order chi connectivity index (χ1) is 15.1. The smallest absolute Gasteiger partial charge is 0.369 e. The molecule has 4 rings (SSSR count). The molecule has 1 fully saturated rings. The van der Waals surface area contributed by atoms with Gasteiger partial charge in [-0.25, -0.2) is 15.0 Å². The number of hydrogen-bond donors (Lipinski definition) is 2. The maximum atomic E-state index is 13.0. The van der Waals surface area contributed by atoms with Crippen LogP contribution >= 0.6 is 11.3 Å². The van der Waals surface area contributed by atoms with Crippen LogP contribution in [0.2, 0.25) is 0 Å². The van der Waals surface area contributed by atoms with Crippen molar-refractivity contribution in [1.29, 1.82) is 0 Å². The number of carbonyl (C=O) groups excluding carboxylic acids is 2. The molecule has 12 heteroatoms. The molecule has 0 aliphatic carbocycles. The van der Waals surface area contributed by atoms with Crippen molar-refractivity contribution in [3.63, 3.8) is 0 Å². The van der Waals surface area contributed by atoms with Gasteiger partial charge in [0, 0.05) is 11.9 Å². The van der Waals surface area contributed by atoms with Crippen molar-refractivity contribution in [2.24, 2.45) is 5.73 Å². The van der Waals surface area contributed by atoms with E-state index in [0.29, 0.717) is 15.9 Å². The molecule has 3 heterocycles. The molecule has 2 atom stereocenters. The second kappa shape index (κ2) is 8.43. The van der Waals surface area contributed by atoms with Crippen molar-refractivity contribution < 1.29 is 22.8 Å². The lowest BCUT2D eigenvalue weighted by molar-refractivity contribution is -0.141. The largest absolute Gasteiger partial charge is 0.433 e. The van der Waals surface area contributed by atoms with Crippen molar-refractivity contribution in [3.05, 3.63) is 47.0 Å². The lowest BCUT2D eigenvalue weighted by Crippen LogP contribution is -2.37. The van der Waals surface area contributed by atoms with Crippen molar-refractivity contribution >= 4 is 39.1 Å². The second-order valence-electron chi connectivity index (χ2n) is 7.50. The van der Waals surface area contributed by atoms with Crippen molar-refractivity contribution in [1.82, 2.24) is 19.9 Å². The van der Waals surface area contributed by atoms with Gasteiger partial charge in [0.2, 0.25) is 11.8 Å². The molecule has 2 aromatic heterocycles. The van der Waals surface area contributed by atoms with E-state index in [0.717, 1.165) is 43.0 Å². The Morgan fingerprint density at radius 1 is 1.28 bits per heavy atom. The van der Waals surface area contributed by atoms with E-state index in [1.807, 2.05) is 11.9 Å². The zero-order valence-electron chi connectivity index (χ0n) is 16.9. The van der Waals surface area contributed by atoms with Gasteiger partial charge in [-0.05, 0) is 50.7 Å². The number of nitrogens with zero attached hydrogens (tertiary/aromatic N) is 4. The van der Waals surface area contributed by atoms with Crippen LogP contribution in [0, 0.1) is 0 Å². The van der Waals surface area contributed by atoms with Gasteiger partial charge in [-0.2, -0.15) is 13.2 Å². The Hall–Kier alpha value is -3.12. The predicted octanol–water partition coefficient (Wildman–Crippen LogP) is 2.75. The average molecular weight is 464 g/mol. The highest BCUT2D eigenvalue weighted by atomic mass is 32.1. The minimum absolute atomic E-state index is 0.110. The van der Waals surface area contributed by atoms with Crippen molar-refractivity contribution in [2.75, 3.05) is 18.9 Å². The normalized spacial score (nSPS) is 18.1. The molecule has 1 saturated heterocycles. The fourth-order valence-electron chi connectivity index (χ4n) is 3.64. The van der Waals surface area contributed by atoms with E-state index in [1.165, 1.54) is 0 Å². The van der Waals surface area contributed by atoms with Crippen LogP contribution in [0.25, 0.3) is 10.2 Å². The maximum Gasteiger partial charge on any atom is 0.433 e. The van der Waals surface area contributed by atoms with Gasteiger partial charge in [0.1, 0.15) is 22.4 Å². The zero-order chi connectivity index (χ0) is 23.0. The minimum atomic E-state index is -4.69. The van der Waals surface area contributed by atoms with E-state index in [4.69, 9.17) is 5.73 Å². The Balaban J connectivity index is 1.63. The monoisotopic (exact) mass is 464 g/mol. The third-order valence-corrected chi connectivity index (χ3v) is 6.33. The number of likely N-dealkylation sites (tertiary alicyclic amines) is 1. The fraction of sp³-hybridized carbons (Fsp3) is 0.350. The number of anilines is 1. The number of halogens is 3. The van der Waals surface area contributed by atoms with E-state index in [2.05, 4.69) is 20.3 Å². The van der Waals surface area contributed by atoms with Crippen LogP contribution in [-0.4, -0.2) is 51.3 Å². The molecular weight excluding hydrogens is 445 g/mol. The molecule has 8 nitrogen and oxygen atoms in total. The summed E-state index contributed by atoms with van der Waals surface area (Å²) in [6, 6.07) is 5.57. The molecule has 32 heavy (non-hydrogen) atoms. The van der Waals surface area contributed by atoms with Gasteiger partial charge < -0.3 is 11.1 Å². The van der Waals surface area contributed by atoms with Gasteiger partial charge >= 0.3 is 6.18 Å². The average Bonchev–Trinajstić information content (AvgIpc) is 3.33. The molecule has 0 radical (unpaired) electrons. The quantitative estimate of drug-likeness (QED) is 0.600. The summed E-state index contributed by atoms with van der Waals surface area (Å²) in [6.07, 6.45) is -2.01. The standard InChI is InChI=1S/C20H19F3N6O2S/c1-29-8-2-3-12(29)18(31)26-10-4-5-11-13(9-10)32-19(27-11)15(16(24)30)17-25-7-6-14(28-17)20(21,22)23/h4-7,9,12,15H,2-3,8H2,1H3,(H2,24,30)(H,26,31). The van der Waals surface area contributed by atoms with Crippen LogP contribution in [0.15, 0.2) is 30.5 Å². The van der Waals surface area contributed by atoms with Crippen LogP contribution in [0.4, 0.5) is 18.9 Å². The molecule has 2 unspecified atom stereocenters. The molecule has 0 spiro atoms. The third-order valence-electron chi connectivity index (χ3n) is 5.25. The van der Waals surface area contributed by atoms with Crippen LogP contribution in [0.5, 0.6) is 0 Å². The van der Waals surface area contributed by atoms with Gasteiger partial charge in [0.25, 0.3) is 0 Å². The number of nitrogens with one attached hydrogen (secondary N) is 1. The lowest BCUT2D eigenvalue weighted by atomic mass is 10.1. The summed E-state index contributed by atoms with van der Waals surface area (Å²) in [7, 11) is 1.90. The van der Waals surface area contributed by atoms with Gasteiger partial charge in [-0.15, -0.1) is 11.3 Å². The Kier molecular flexibility index (Phi) is 5.82. The molecular formula is C20H19F3N6O2S. The first-order valence-electron chi connectivity index (χ1n) is 9.74. The second-order valence-corrected chi connectivity index (χ2v) is 8.56. The van der Waals surface area contributed by atoms with Gasteiger partial charge in [0.05, 0.1) is 16.3 Å². The predicted molar refractivity (Wildman–Crippen MR) is 112 cm³/mol. The van der Waals surface area contributed by atoms with Crippen molar-refractivity contribution in [3.8, 4) is 0 Å². The summed E-state index contributed by atoms with van der Waals surface area (Å²) in [4.78, 5) is 38.3. The molecule has 0 saturated carbocycles. The number of aromatic nitrogens is 3. The summed E-state index contributed by atoms with van der Waals surface area (Å²) in [5.74, 6) is -2.73. The number of primary amides is 1. The molecule has 3 aromatic rings. The van der Waals surface area contributed by atoms with E-state index in [1.54, 1.807) is 18.2 Å². The molecule has 0 bridgehead atoms. The number of thiazole rings is 1. The van der Waals surface area contributed by atoms with Crippen LogP contribution in [0.1, 0.15) is 35.3 Å². The minimum Gasteiger partial charge on any atom is -0.369 e. The Morgan fingerprint density at radius 2 is 2.06 bits per heavy atom. The van der Waals surface area contributed by atoms with E-state index in [-0.39, 0.29) is 22.8 Å². The van der Waals surface area contributed by atoms with Crippen LogP contribution in [0.3, 0.4) is 0 Å². The Labute approximate surface area is 184 Å². The Bertz CT molecular complexity index is 1180. The topological polar surface area (TPSA) is 114 Å². The SMILES string of the molecule is CN1CCCC1C(=O)Nc1ccc2nc(C(C(N)=O)c3nccc(C(F)(F)F)n3)sc2c1. The zero-order valence-corrected chi connectivity index (χ0v) is 17.7. The summed E-state index contributed by atoms with van der Waals surface area (Å²) in [5, 5.41) is 3.05. The maximum absolute atomic E-state index is 13.0. The number of amides is 2. The molecule has 3 N–H and O–H groups in total. The summed E-state index contributed by atoms with van der Waals surface area (Å²) in [5.41, 5.74) is 5.37. The first kappa shape index (κ1) is 22.1. The van der Waals surface area contributed by atoms with E-state index >= 15 is 0 Å². The Morgan fingerprint density at radius 3 is 2.72 bits per heavy atom. The number of nitrogens with two attached hydrogens (primary N) is 1. The number of hydrogen-bond acceptors (Lipinski definition) is 7. The fourth-order valence-corrected chi connectivity index (χ4v) is 4.75. The van der Waals surface area contributed by atoms with Crippen LogP contribution < -0.4 is 11.1 Å². The van der Waals surface area contributed by atoms with Gasteiger partial charge in [-0.3, -0.25) is 14.5 Å². The van der Waals surface area contributed by atoms with E-state index < -0.39 is 23.7 Å². The van der Waals surface area contributed by atoms with Gasteiger partial charge in [-0.1, -0.05) is 0 Å². The molecule has 2 amide bonds. The highest BCUT2D eigenvalue weighted by Gasteiger charge is 2.35. The van der Waals surface area contributed by atoms with Crippen LogP contribution in [-0.2, 0) is 15.8 Å². The first-order valence-corrected chi connectivity index (χ1v) is 10.6. The van der Waals surface area contributed by atoms with Crippen molar-refractivity contribution in [2.45, 2.75) is 31.0 Å². The highest BCUT2D eigenvalue weighted by molar-refractivity contribution is 7.18. The molecule has 1 aliphatic rings. The highest BCUT2D eigenvalue weighted by Crippen LogP contribution is 2.34.